The molecule has 92 valence electrons. The maximum Gasteiger partial charge on any atom is 0.128 e. The summed E-state index contributed by atoms with van der Waals surface area (Å²) >= 11 is 4.92. The summed E-state index contributed by atoms with van der Waals surface area (Å²) in [6.45, 7) is 4.50. The van der Waals surface area contributed by atoms with Crippen LogP contribution in [0.3, 0.4) is 0 Å². The number of aromatic nitrogens is 1. The van der Waals surface area contributed by atoms with Crippen molar-refractivity contribution in [3.63, 3.8) is 0 Å². The lowest BCUT2D eigenvalue weighted by Crippen LogP contribution is -2.21. The van der Waals surface area contributed by atoms with Crippen LogP contribution in [-0.2, 0) is 0 Å². The predicted molar refractivity (Wildman–Crippen MR) is 75.4 cm³/mol. The van der Waals surface area contributed by atoms with Gasteiger partial charge in [-0.2, -0.15) is 0 Å². The summed E-state index contributed by atoms with van der Waals surface area (Å²) in [4.78, 5) is 7.20. The minimum absolute atomic E-state index is 0.411. The summed E-state index contributed by atoms with van der Waals surface area (Å²) in [5, 5.41) is 0. The number of thiocarbonyl (C=S) groups is 1. The largest absolute Gasteiger partial charge is 0.389 e. The first-order chi connectivity index (χ1) is 8.20. The van der Waals surface area contributed by atoms with Crippen LogP contribution < -0.4 is 10.6 Å². The number of hydrogen-bond acceptors (Lipinski definition) is 3. The standard InChI is InChI=1S/C13H19N3S/c1-2-3-10-6-7-16(9-10)12-5-4-11(8-15-12)13(14)17/h4-5,8,10H,2-3,6-7,9H2,1H3,(H2,14,17). The molecule has 0 saturated carbocycles. The van der Waals surface area contributed by atoms with Crippen molar-refractivity contribution in [1.82, 2.24) is 4.98 Å². The van der Waals surface area contributed by atoms with Crippen molar-refractivity contribution in [2.24, 2.45) is 11.7 Å². The number of nitrogens with zero attached hydrogens (tertiary/aromatic N) is 2. The molecule has 1 aliphatic heterocycles. The Kier molecular flexibility index (Phi) is 3.94. The van der Waals surface area contributed by atoms with Crippen LogP contribution in [0.2, 0.25) is 0 Å². The van der Waals surface area contributed by atoms with E-state index in [0.29, 0.717) is 4.99 Å². The Morgan fingerprint density at radius 3 is 3.00 bits per heavy atom. The molecule has 2 heterocycles. The number of hydrogen-bond donors (Lipinski definition) is 1. The highest BCUT2D eigenvalue weighted by Gasteiger charge is 2.22. The SMILES string of the molecule is CCCC1CCN(c2ccc(C(N)=S)cn2)C1. The summed E-state index contributed by atoms with van der Waals surface area (Å²) in [6, 6.07) is 3.97. The van der Waals surface area contributed by atoms with Crippen LogP contribution in [0.15, 0.2) is 18.3 Å². The van der Waals surface area contributed by atoms with Gasteiger partial charge in [0.05, 0.1) is 0 Å². The first kappa shape index (κ1) is 12.3. The topological polar surface area (TPSA) is 42.1 Å². The first-order valence-corrected chi connectivity index (χ1v) is 6.62. The minimum atomic E-state index is 0.411. The summed E-state index contributed by atoms with van der Waals surface area (Å²) in [6.07, 6.45) is 5.64. The molecule has 17 heavy (non-hydrogen) atoms. The van der Waals surface area contributed by atoms with Crippen molar-refractivity contribution in [2.45, 2.75) is 26.2 Å². The van der Waals surface area contributed by atoms with Crippen LogP contribution in [0.5, 0.6) is 0 Å². The van der Waals surface area contributed by atoms with Crippen molar-refractivity contribution < 1.29 is 0 Å². The molecule has 1 saturated heterocycles. The van der Waals surface area contributed by atoms with E-state index in [1.807, 2.05) is 12.1 Å². The van der Waals surface area contributed by atoms with Crippen molar-refractivity contribution in [2.75, 3.05) is 18.0 Å². The van der Waals surface area contributed by atoms with Crippen LogP contribution in [0, 0.1) is 5.92 Å². The van der Waals surface area contributed by atoms with Gasteiger partial charge in [-0.1, -0.05) is 25.6 Å². The van der Waals surface area contributed by atoms with Gasteiger partial charge in [-0.25, -0.2) is 4.98 Å². The smallest absolute Gasteiger partial charge is 0.128 e. The zero-order valence-corrected chi connectivity index (χ0v) is 11.0. The molecule has 0 aromatic carbocycles. The van der Waals surface area contributed by atoms with Gasteiger partial charge < -0.3 is 10.6 Å². The fourth-order valence-corrected chi connectivity index (χ4v) is 2.52. The first-order valence-electron chi connectivity index (χ1n) is 6.21. The molecule has 0 amide bonds. The molecule has 2 rings (SSSR count). The van der Waals surface area contributed by atoms with Crippen LogP contribution in [0.4, 0.5) is 5.82 Å². The van der Waals surface area contributed by atoms with Crippen molar-refractivity contribution in [3.8, 4) is 0 Å². The van der Waals surface area contributed by atoms with E-state index in [1.54, 1.807) is 6.20 Å². The molecule has 4 heteroatoms. The van der Waals surface area contributed by atoms with E-state index in [9.17, 15) is 0 Å². The molecule has 1 aromatic heterocycles. The lowest BCUT2D eigenvalue weighted by atomic mass is 10.0. The highest BCUT2D eigenvalue weighted by atomic mass is 32.1. The molecule has 2 N–H and O–H groups in total. The zero-order chi connectivity index (χ0) is 12.3. The lowest BCUT2D eigenvalue weighted by Gasteiger charge is -2.17. The quantitative estimate of drug-likeness (QED) is 0.832. The average molecular weight is 249 g/mol. The van der Waals surface area contributed by atoms with Gasteiger partial charge in [-0.3, -0.25) is 0 Å². The van der Waals surface area contributed by atoms with E-state index in [-0.39, 0.29) is 0 Å². The molecule has 1 fully saturated rings. The van der Waals surface area contributed by atoms with Crippen LogP contribution in [0.1, 0.15) is 31.7 Å². The van der Waals surface area contributed by atoms with Gasteiger partial charge >= 0.3 is 0 Å². The lowest BCUT2D eigenvalue weighted by molar-refractivity contribution is 0.529. The fourth-order valence-electron chi connectivity index (χ4n) is 2.40. The summed E-state index contributed by atoms with van der Waals surface area (Å²) in [5.74, 6) is 1.88. The minimum Gasteiger partial charge on any atom is -0.389 e. The molecule has 0 bridgehead atoms. The number of anilines is 1. The van der Waals surface area contributed by atoms with Gasteiger partial charge in [0.15, 0.2) is 0 Å². The van der Waals surface area contributed by atoms with E-state index in [1.165, 1.54) is 19.3 Å². The number of rotatable bonds is 4. The number of pyridine rings is 1. The van der Waals surface area contributed by atoms with Crippen LogP contribution in [-0.4, -0.2) is 23.1 Å². The van der Waals surface area contributed by atoms with Crippen LogP contribution in [0.25, 0.3) is 0 Å². The third-order valence-corrected chi connectivity index (χ3v) is 3.57. The van der Waals surface area contributed by atoms with E-state index < -0.39 is 0 Å². The second kappa shape index (κ2) is 5.45. The van der Waals surface area contributed by atoms with Gasteiger partial charge in [0, 0.05) is 24.8 Å². The van der Waals surface area contributed by atoms with E-state index >= 15 is 0 Å². The molecular formula is C13H19N3S. The zero-order valence-electron chi connectivity index (χ0n) is 10.2. The summed E-state index contributed by atoms with van der Waals surface area (Å²) in [5.41, 5.74) is 6.40. The second-order valence-corrected chi connectivity index (χ2v) is 5.10. The van der Waals surface area contributed by atoms with E-state index in [0.717, 1.165) is 30.4 Å². The second-order valence-electron chi connectivity index (χ2n) is 4.66. The van der Waals surface area contributed by atoms with E-state index in [4.69, 9.17) is 18.0 Å². The van der Waals surface area contributed by atoms with Gasteiger partial charge in [-0.05, 0) is 30.9 Å². The Balaban J connectivity index is 2.01. The third kappa shape index (κ3) is 2.94. The molecule has 1 aliphatic rings. The Morgan fingerprint density at radius 2 is 2.41 bits per heavy atom. The monoisotopic (exact) mass is 249 g/mol. The Hall–Kier alpha value is -1.16. The van der Waals surface area contributed by atoms with E-state index in [2.05, 4.69) is 16.8 Å². The van der Waals surface area contributed by atoms with Crippen LogP contribution >= 0.6 is 12.2 Å². The third-order valence-electron chi connectivity index (χ3n) is 3.34. The Morgan fingerprint density at radius 1 is 1.59 bits per heavy atom. The fraction of sp³-hybridized carbons (Fsp3) is 0.538. The van der Waals surface area contributed by atoms with Gasteiger partial charge in [-0.15, -0.1) is 0 Å². The molecular weight excluding hydrogens is 230 g/mol. The normalized spacial score (nSPS) is 19.6. The highest BCUT2D eigenvalue weighted by molar-refractivity contribution is 7.80. The summed E-state index contributed by atoms with van der Waals surface area (Å²) in [7, 11) is 0. The molecule has 1 atom stereocenters. The molecule has 0 radical (unpaired) electrons. The summed E-state index contributed by atoms with van der Waals surface area (Å²) < 4.78 is 0. The van der Waals surface area contributed by atoms with Crippen molar-refractivity contribution in [3.05, 3.63) is 23.9 Å². The Labute approximate surface area is 108 Å². The van der Waals surface area contributed by atoms with Gasteiger partial charge in [0.25, 0.3) is 0 Å². The average Bonchev–Trinajstić information content (AvgIpc) is 2.78. The predicted octanol–water partition coefficient (Wildman–Crippen LogP) is 2.34. The van der Waals surface area contributed by atoms with Gasteiger partial charge in [0.1, 0.15) is 10.8 Å². The molecule has 0 aliphatic carbocycles. The molecule has 1 aromatic rings. The van der Waals surface area contributed by atoms with Crippen molar-refractivity contribution in [1.29, 1.82) is 0 Å². The maximum atomic E-state index is 5.56. The molecule has 0 spiro atoms. The molecule has 3 nitrogen and oxygen atoms in total. The van der Waals surface area contributed by atoms with Gasteiger partial charge in [0.2, 0.25) is 0 Å². The van der Waals surface area contributed by atoms with Crippen molar-refractivity contribution >= 4 is 23.0 Å². The maximum absolute atomic E-state index is 5.56. The highest BCUT2D eigenvalue weighted by Crippen LogP contribution is 2.25. The Bertz CT molecular complexity index is 388. The number of nitrogens with two attached hydrogens (primary N) is 1. The molecule has 1 unspecified atom stereocenters.